The maximum atomic E-state index is 12.6. The third-order valence-electron chi connectivity index (χ3n) is 4.86. The van der Waals surface area contributed by atoms with E-state index in [1.807, 2.05) is 60.8 Å². The zero-order valence-electron chi connectivity index (χ0n) is 15.6. The van der Waals surface area contributed by atoms with Crippen molar-refractivity contribution in [2.75, 3.05) is 7.11 Å². The zero-order chi connectivity index (χ0) is 19.3. The van der Waals surface area contributed by atoms with Gasteiger partial charge in [-0.2, -0.15) is 5.10 Å². The van der Waals surface area contributed by atoms with Crippen LogP contribution in [0.1, 0.15) is 23.6 Å². The highest BCUT2D eigenvalue weighted by Gasteiger charge is 2.30. The first kappa shape index (κ1) is 18.2. The first-order valence-corrected chi connectivity index (χ1v) is 9.24. The lowest BCUT2D eigenvalue weighted by Gasteiger charge is -2.12. The van der Waals surface area contributed by atoms with Crippen LogP contribution in [0.15, 0.2) is 67.0 Å². The van der Waals surface area contributed by atoms with Gasteiger partial charge >= 0.3 is 0 Å². The molecule has 1 saturated heterocycles. The molecule has 1 aliphatic rings. The Kier molecular flexibility index (Phi) is 5.36. The van der Waals surface area contributed by atoms with Crippen LogP contribution in [-0.4, -0.2) is 28.8 Å². The van der Waals surface area contributed by atoms with E-state index in [0.717, 1.165) is 22.6 Å². The summed E-state index contributed by atoms with van der Waals surface area (Å²) < 4.78 is 7.08. The fraction of sp³-hybridized carbons (Fsp3) is 0.238. The summed E-state index contributed by atoms with van der Waals surface area (Å²) in [7, 11) is 1.65. The molecule has 2 aromatic carbocycles. The van der Waals surface area contributed by atoms with Crippen molar-refractivity contribution >= 4 is 5.91 Å². The van der Waals surface area contributed by atoms with E-state index in [2.05, 4.69) is 21.3 Å². The number of hydrogen-bond donors (Lipinski definition) is 3. The molecule has 1 aromatic heterocycles. The minimum absolute atomic E-state index is 0.0256. The Hall–Kier alpha value is -3.16. The van der Waals surface area contributed by atoms with Crippen LogP contribution in [0.5, 0.6) is 5.75 Å². The summed E-state index contributed by atoms with van der Waals surface area (Å²) in [4.78, 5) is 12.6. The van der Waals surface area contributed by atoms with Gasteiger partial charge in [-0.1, -0.05) is 24.3 Å². The number of carbonyl (C=O) groups excluding carboxylic acids is 1. The number of nitrogens with one attached hydrogen (secondary N) is 3. The molecule has 0 aliphatic carbocycles. The van der Waals surface area contributed by atoms with Crippen LogP contribution < -0.4 is 20.9 Å². The first-order valence-electron chi connectivity index (χ1n) is 9.24. The highest BCUT2D eigenvalue weighted by molar-refractivity contribution is 5.82. The van der Waals surface area contributed by atoms with Crippen LogP contribution in [0.2, 0.25) is 0 Å². The van der Waals surface area contributed by atoms with Crippen molar-refractivity contribution in [3.8, 4) is 11.4 Å². The van der Waals surface area contributed by atoms with Gasteiger partial charge in [0, 0.05) is 25.0 Å². The summed E-state index contributed by atoms with van der Waals surface area (Å²) in [5.74, 6) is 0.784. The predicted molar refractivity (Wildman–Crippen MR) is 106 cm³/mol. The van der Waals surface area contributed by atoms with Crippen molar-refractivity contribution in [1.29, 1.82) is 0 Å². The minimum Gasteiger partial charge on any atom is -0.497 e. The second-order valence-corrected chi connectivity index (χ2v) is 6.74. The molecule has 1 amide bonds. The molecule has 3 N–H and O–H groups in total. The van der Waals surface area contributed by atoms with E-state index in [4.69, 9.17) is 4.74 Å². The number of nitrogens with zero attached hydrogens (tertiary/aromatic N) is 2. The van der Waals surface area contributed by atoms with Crippen molar-refractivity contribution in [3.63, 3.8) is 0 Å². The molecule has 144 valence electrons. The molecular formula is C21H23N5O2. The van der Waals surface area contributed by atoms with Gasteiger partial charge in [0.25, 0.3) is 0 Å². The third-order valence-corrected chi connectivity index (χ3v) is 4.86. The molecule has 7 heteroatoms. The van der Waals surface area contributed by atoms with Gasteiger partial charge in [-0.3, -0.25) is 4.79 Å². The first-order chi connectivity index (χ1) is 13.7. The molecule has 2 heterocycles. The summed E-state index contributed by atoms with van der Waals surface area (Å²) in [6.07, 6.45) is 4.31. The van der Waals surface area contributed by atoms with E-state index in [1.165, 1.54) is 0 Å². The average molecular weight is 377 g/mol. The van der Waals surface area contributed by atoms with Gasteiger partial charge in [0.15, 0.2) is 0 Å². The van der Waals surface area contributed by atoms with E-state index < -0.39 is 0 Å². The Labute approximate surface area is 163 Å². The van der Waals surface area contributed by atoms with Crippen molar-refractivity contribution in [1.82, 2.24) is 25.9 Å². The molecule has 2 atom stereocenters. The second-order valence-electron chi connectivity index (χ2n) is 6.74. The average Bonchev–Trinajstić information content (AvgIpc) is 3.44. The van der Waals surface area contributed by atoms with Gasteiger partial charge in [0.1, 0.15) is 11.8 Å². The number of benzene rings is 2. The number of methoxy groups -OCH3 is 1. The van der Waals surface area contributed by atoms with E-state index in [-0.39, 0.29) is 18.0 Å². The lowest BCUT2D eigenvalue weighted by Crippen LogP contribution is -2.42. The Bertz CT molecular complexity index is 941. The molecule has 4 rings (SSSR count). The number of aromatic nitrogens is 2. The molecule has 1 aliphatic heterocycles. The third kappa shape index (κ3) is 4.05. The maximum absolute atomic E-state index is 12.6. The van der Waals surface area contributed by atoms with Crippen LogP contribution in [0.3, 0.4) is 0 Å². The number of ether oxygens (including phenoxy) is 1. The second kappa shape index (κ2) is 8.24. The molecule has 3 aromatic rings. The summed E-state index contributed by atoms with van der Waals surface area (Å²) in [5.41, 5.74) is 9.38. The predicted octanol–water partition coefficient (Wildman–Crippen LogP) is 2.10. The van der Waals surface area contributed by atoms with Crippen LogP contribution in [0, 0.1) is 0 Å². The van der Waals surface area contributed by atoms with Gasteiger partial charge in [0.05, 0.1) is 12.8 Å². The fourth-order valence-corrected chi connectivity index (χ4v) is 3.35. The van der Waals surface area contributed by atoms with Crippen LogP contribution in [0.25, 0.3) is 5.69 Å². The summed E-state index contributed by atoms with van der Waals surface area (Å²) in [6, 6.07) is 17.5. The molecule has 0 saturated carbocycles. The molecule has 0 spiro atoms. The lowest BCUT2D eigenvalue weighted by atomic mass is 10.0. The van der Waals surface area contributed by atoms with Crippen LogP contribution in [0.4, 0.5) is 0 Å². The van der Waals surface area contributed by atoms with Crippen LogP contribution in [-0.2, 0) is 11.3 Å². The quantitative estimate of drug-likeness (QED) is 0.613. The zero-order valence-corrected chi connectivity index (χ0v) is 15.6. The molecule has 7 nitrogen and oxygen atoms in total. The molecule has 0 radical (unpaired) electrons. The molecule has 28 heavy (non-hydrogen) atoms. The SMILES string of the molecule is COc1cccc(C2CC(C(=O)NCc3cccc(-n4cccn4)c3)NN2)c1. The Balaban J connectivity index is 1.34. The van der Waals surface area contributed by atoms with Gasteiger partial charge < -0.3 is 10.1 Å². The van der Waals surface area contributed by atoms with E-state index in [0.29, 0.717) is 13.0 Å². The molecule has 2 unspecified atom stereocenters. The van der Waals surface area contributed by atoms with E-state index >= 15 is 0 Å². The fourth-order valence-electron chi connectivity index (χ4n) is 3.35. The topological polar surface area (TPSA) is 80.2 Å². The Morgan fingerprint density at radius 1 is 1.21 bits per heavy atom. The summed E-state index contributed by atoms with van der Waals surface area (Å²) >= 11 is 0. The number of rotatable bonds is 6. The standard InChI is InChI=1S/C21H23N5O2/c1-28-18-8-3-6-16(12-18)19-13-20(25-24-19)21(27)22-14-15-5-2-7-17(11-15)26-10-4-9-23-26/h2-12,19-20,24-25H,13-14H2,1H3,(H,22,27). The van der Waals surface area contributed by atoms with Gasteiger partial charge in [-0.15, -0.1) is 0 Å². The summed E-state index contributed by atoms with van der Waals surface area (Å²) in [6.45, 7) is 0.468. The van der Waals surface area contributed by atoms with E-state index in [9.17, 15) is 4.79 Å². The Morgan fingerprint density at radius 3 is 2.93 bits per heavy atom. The number of hydrazine groups is 1. The lowest BCUT2D eigenvalue weighted by molar-refractivity contribution is -0.123. The van der Waals surface area contributed by atoms with Crippen molar-refractivity contribution in [2.45, 2.75) is 25.0 Å². The van der Waals surface area contributed by atoms with E-state index in [1.54, 1.807) is 18.0 Å². The van der Waals surface area contributed by atoms with Crippen LogP contribution >= 0.6 is 0 Å². The van der Waals surface area contributed by atoms with Gasteiger partial charge in [0.2, 0.25) is 5.91 Å². The highest BCUT2D eigenvalue weighted by atomic mass is 16.5. The monoisotopic (exact) mass is 377 g/mol. The van der Waals surface area contributed by atoms with Crippen molar-refractivity contribution in [2.24, 2.45) is 0 Å². The number of amides is 1. The normalized spacial score (nSPS) is 18.8. The van der Waals surface area contributed by atoms with Gasteiger partial charge in [-0.25, -0.2) is 15.5 Å². The highest BCUT2D eigenvalue weighted by Crippen LogP contribution is 2.25. The summed E-state index contributed by atoms with van der Waals surface area (Å²) in [5, 5.41) is 7.25. The molecule has 0 bridgehead atoms. The van der Waals surface area contributed by atoms with Gasteiger partial charge in [-0.05, 0) is 47.9 Å². The van der Waals surface area contributed by atoms with Crippen molar-refractivity contribution < 1.29 is 9.53 Å². The minimum atomic E-state index is -0.287. The Morgan fingerprint density at radius 2 is 2.11 bits per heavy atom. The number of hydrogen-bond acceptors (Lipinski definition) is 5. The molecule has 1 fully saturated rings. The maximum Gasteiger partial charge on any atom is 0.238 e. The smallest absolute Gasteiger partial charge is 0.238 e. The molecular weight excluding hydrogens is 354 g/mol. The van der Waals surface area contributed by atoms with Crippen molar-refractivity contribution in [3.05, 3.63) is 78.1 Å². The largest absolute Gasteiger partial charge is 0.497 e. The number of carbonyl (C=O) groups is 1.